The zero-order chi connectivity index (χ0) is 22.4. The quantitative estimate of drug-likeness (QED) is 0.477. The molecule has 158 valence electrons. The lowest BCUT2D eigenvalue weighted by molar-refractivity contribution is -0.143. The molecule has 0 N–H and O–H groups in total. The van der Waals surface area contributed by atoms with Crippen LogP contribution in [0.5, 0.6) is 0 Å². The zero-order valence-corrected chi connectivity index (χ0v) is 17.3. The van der Waals surface area contributed by atoms with Crippen LogP contribution in [-0.4, -0.2) is 16.2 Å². The van der Waals surface area contributed by atoms with Gasteiger partial charge in [0, 0.05) is 18.4 Å². The van der Waals surface area contributed by atoms with Crippen molar-refractivity contribution in [3.63, 3.8) is 0 Å². The number of benzene rings is 2. The van der Waals surface area contributed by atoms with Crippen LogP contribution in [0, 0.1) is 22.7 Å². The van der Waals surface area contributed by atoms with E-state index in [0.717, 1.165) is 17.3 Å². The molecule has 0 bridgehead atoms. The van der Waals surface area contributed by atoms with Gasteiger partial charge in [-0.15, -0.1) is 0 Å². The maximum Gasteiger partial charge on any atom is 0.436 e. The van der Waals surface area contributed by atoms with Crippen molar-refractivity contribution < 1.29 is 17.9 Å². The SMILES string of the molecule is Cn1c(CCOCc2ccccc2)nc(C(F)(F)F)c1Sc1cc(C#N)cc(C#N)c1. The van der Waals surface area contributed by atoms with Crippen LogP contribution in [0.25, 0.3) is 0 Å². The van der Waals surface area contributed by atoms with Gasteiger partial charge in [-0.2, -0.15) is 23.7 Å². The molecule has 3 rings (SSSR count). The van der Waals surface area contributed by atoms with Crippen molar-refractivity contribution in [3.05, 3.63) is 76.7 Å². The first kappa shape index (κ1) is 22.4. The summed E-state index contributed by atoms with van der Waals surface area (Å²) in [4.78, 5) is 4.17. The minimum atomic E-state index is -4.64. The Labute approximate surface area is 181 Å². The molecular weight excluding hydrogens is 425 g/mol. The Hall–Kier alpha value is -3.27. The minimum absolute atomic E-state index is 0.107. The van der Waals surface area contributed by atoms with E-state index >= 15 is 0 Å². The monoisotopic (exact) mass is 442 g/mol. The Bertz CT molecular complexity index is 1110. The smallest absolute Gasteiger partial charge is 0.376 e. The third kappa shape index (κ3) is 5.66. The molecule has 2 aromatic carbocycles. The third-order valence-electron chi connectivity index (χ3n) is 4.36. The number of hydrogen-bond acceptors (Lipinski definition) is 5. The average molecular weight is 442 g/mol. The molecule has 0 fully saturated rings. The Morgan fingerprint density at radius 3 is 2.29 bits per heavy atom. The molecule has 0 aliphatic rings. The normalized spacial score (nSPS) is 11.2. The second-order valence-corrected chi connectivity index (χ2v) is 7.66. The number of imidazole rings is 1. The molecule has 31 heavy (non-hydrogen) atoms. The van der Waals surface area contributed by atoms with E-state index in [0.29, 0.717) is 11.5 Å². The van der Waals surface area contributed by atoms with Crippen molar-refractivity contribution in [1.82, 2.24) is 9.55 Å². The van der Waals surface area contributed by atoms with Crippen molar-refractivity contribution in [2.45, 2.75) is 29.1 Å². The molecule has 0 aliphatic heterocycles. The maximum atomic E-state index is 13.6. The predicted molar refractivity (Wildman–Crippen MR) is 108 cm³/mol. The summed E-state index contributed by atoms with van der Waals surface area (Å²) < 4.78 is 47.8. The molecule has 0 amide bonds. The molecule has 1 heterocycles. The highest BCUT2D eigenvalue weighted by Gasteiger charge is 2.38. The second-order valence-electron chi connectivity index (χ2n) is 6.60. The van der Waals surface area contributed by atoms with Crippen LogP contribution in [0.4, 0.5) is 13.2 Å². The molecular formula is C22H17F3N4OS. The van der Waals surface area contributed by atoms with Crippen LogP contribution >= 0.6 is 11.8 Å². The van der Waals surface area contributed by atoms with E-state index in [-0.39, 0.29) is 35.0 Å². The standard InChI is InChI=1S/C22H17F3N4OS/c1-29-19(7-8-30-14-15-5-3-2-4-6-15)28-20(22(23,24)25)21(29)31-18-10-16(12-26)9-17(11-18)13-27/h2-6,9-11H,7-8,14H2,1H3. The lowest BCUT2D eigenvalue weighted by Gasteiger charge is -2.09. The molecule has 0 saturated heterocycles. The number of aromatic nitrogens is 2. The molecule has 0 spiro atoms. The maximum absolute atomic E-state index is 13.6. The fourth-order valence-electron chi connectivity index (χ4n) is 2.88. The molecule has 1 aromatic heterocycles. The summed E-state index contributed by atoms with van der Waals surface area (Å²) in [7, 11) is 1.51. The fourth-order valence-corrected chi connectivity index (χ4v) is 3.97. The third-order valence-corrected chi connectivity index (χ3v) is 5.50. The Morgan fingerprint density at radius 2 is 1.71 bits per heavy atom. The van der Waals surface area contributed by atoms with Gasteiger partial charge in [-0.25, -0.2) is 4.98 Å². The van der Waals surface area contributed by atoms with E-state index in [1.165, 1.54) is 29.8 Å². The summed E-state index contributed by atoms with van der Waals surface area (Å²) in [6, 6.07) is 17.6. The first-order chi connectivity index (χ1) is 14.8. The van der Waals surface area contributed by atoms with E-state index in [1.807, 2.05) is 42.5 Å². The highest BCUT2D eigenvalue weighted by Crippen LogP contribution is 2.40. The Balaban J connectivity index is 1.81. The van der Waals surface area contributed by atoms with Crippen LogP contribution in [0.3, 0.4) is 0 Å². The van der Waals surface area contributed by atoms with Gasteiger partial charge >= 0.3 is 6.18 Å². The van der Waals surface area contributed by atoms with Crippen molar-refractivity contribution in [3.8, 4) is 12.1 Å². The predicted octanol–water partition coefficient (Wildman–Crippen LogP) is 5.09. The van der Waals surface area contributed by atoms with Gasteiger partial charge in [0.15, 0.2) is 5.69 Å². The zero-order valence-electron chi connectivity index (χ0n) is 16.5. The summed E-state index contributed by atoms with van der Waals surface area (Å²) in [5.41, 5.74) is 0.373. The number of halogens is 3. The van der Waals surface area contributed by atoms with Gasteiger partial charge < -0.3 is 9.30 Å². The van der Waals surface area contributed by atoms with Gasteiger partial charge in [0.2, 0.25) is 0 Å². The number of nitriles is 2. The molecule has 9 heteroatoms. The topological polar surface area (TPSA) is 74.6 Å². The van der Waals surface area contributed by atoms with Crippen molar-refractivity contribution in [2.24, 2.45) is 7.05 Å². The van der Waals surface area contributed by atoms with Gasteiger partial charge in [0.25, 0.3) is 0 Å². The van der Waals surface area contributed by atoms with Crippen LogP contribution in [0.1, 0.15) is 28.2 Å². The summed E-state index contributed by atoms with van der Waals surface area (Å²) >= 11 is 0.821. The van der Waals surface area contributed by atoms with Crippen LogP contribution < -0.4 is 0 Å². The number of alkyl halides is 3. The lowest BCUT2D eigenvalue weighted by atomic mass is 10.1. The summed E-state index contributed by atoms with van der Waals surface area (Å²) in [5, 5.41) is 18.1. The number of rotatable bonds is 7. The highest BCUT2D eigenvalue weighted by molar-refractivity contribution is 7.99. The molecule has 0 radical (unpaired) electrons. The van der Waals surface area contributed by atoms with Gasteiger partial charge in [0.05, 0.1) is 36.5 Å². The summed E-state index contributed by atoms with van der Waals surface area (Å²) in [6.07, 6.45) is -4.44. The summed E-state index contributed by atoms with van der Waals surface area (Å²) in [5.74, 6) is 0.236. The number of nitrogens with zero attached hydrogens (tertiary/aromatic N) is 4. The summed E-state index contributed by atoms with van der Waals surface area (Å²) in [6.45, 7) is 0.570. The van der Waals surface area contributed by atoms with E-state index in [1.54, 1.807) is 0 Å². The molecule has 0 saturated carbocycles. The van der Waals surface area contributed by atoms with Crippen LogP contribution in [-0.2, 0) is 31.0 Å². The Morgan fingerprint density at radius 1 is 1.06 bits per heavy atom. The van der Waals surface area contributed by atoms with Crippen molar-refractivity contribution in [2.75, 3.05) is 6.61 Å². The number of ether oxygens (including phenoxy) is 1. The Kier molecular flexibility index (Phi) is 7.01. The van der Waals surface area contributed by atoms with Gasteiger partial charge in [-0.3, -0.25) is 0 Å². The fraction of sp³-hybridized carbons (Fsp3) is 0.227. The van der Waals surface area contributed by atoms with E-state index < -0.39 is 11.9 Å². The average Bonchev–Trinajstić information content (AvgIpc) is 3.07. The van der Waals surface area contributed by atoms with Crippen molar-refractivity contribution in [1.29, 1.82) is 10.5 Å². The molecule has 0 aliphatic carbocycles. The lowest BCUT2D eigenvalue weighted by Crippen LogP contribution is -2.07. The molecule has 5 nitrogen and oxygen atoms in total. The van der Waals surface area contributed by atoms with Crippen LogP contribution in [0.15, 0.2) is 58.5 Å². The van der Waals surface area contributed by atoms with Crippen molar-refractivity contribution >= 4 is 11.8 Å². The largest absolute Gasteiger partial charge is 0.436 e. The van der Waals surface area contributed by atoms with Gasteiger partial charge in [-0.05, 0) is 23.8 Å². The van der Waals surface area contributed by atoms with E-state index in [4.69, 9.17) is 15.3 Å². The first-order valence-electron chi connectivity index (χ1n) is 9.19. The number of hydrogen-bond donors (Lipinski definition) is 0. The second kappa shape index (κ2) is 9.69. The first-order valence-corrected chi connectivity index (χ1v) is 10.0. The highest BCUT2D eigenvalue weighted by atomic mass is 32.2. The minimum Gasteiger partial charge on any atom is -0.376 e. The van der Waals surface area contributed by atoms with Crippen LogP contribution in [0.2, 0.25) is 0 Å². The van der Waals surface area contributed by atoms with E-state index in [2.05, 4.69) is 4.98 Å². The molecule has 3 aromatic rings. The van der Waals surface area contributed by atoms with Gasteiger partial charge in [0.1, 0.15) is 10.9 Å². The van der Waals surface area contributed by atoms with E-state index in [9.17, 15) is 13.2 Å². The van der Waals surface area contributed by atoms with Gasteiger partial charge in [-0.1, -0.05) is 42.1 Å². The molecule has 0 atom stereocenters. The molecule has 0 unspecified atom stereocenters.